The number of likely N-dealkylation sites (tertiary alicyclic amines) is 1. The number of amides is 2. The van der Waals surface area contributed by atoms with E-state index in [1.165, 1.54) is 6.92 Å². The number of halogens is 1. The van der Waals surface area contributed by atoms with E-state index in [9.17, 15) is 14.4 Å². The number of carbonyl (C=O) groups is 3. The molecular weight excluding hydrogens is 636 g/mol. The predicted octanol–water partition coefficient (Wildman–Crippen LogP) is 4.77. The molecule has 2 amide bonds. The first-order chi connectivity index (χ1) is 21.4. The molecule has 4 heterocycles. The molecule has 11 nitrogen and oxygen atoms in total. The lowest BCUT2D eigenvalue weighted by Crippen LogP contribution is -2.47. The van der Waals surface area contributed by atoms with Crippen LogP contribution in [0.5, 0.6) is 0 Å². The van der Waals surface area contributed by atoms with E-state index < -0.39 is 6.04 Å². The molecule has 2 N–H and O–H groups in total. The highest BCUT2D eigenvalue weighted by atomic mass is 79.9. The summed E-state index contributed by atoms with van der Waals surface area (Å²) in [6.45, 7) is 11.9. The average molecular weight is 674 g/mol. The van der Waals surface area contributed by atoms with Crippen molar-refractivity contribution in [3.8, 4) is 11.1 Å². The van der Waals surface area contributed by atoms with Crippen molar-refractivity contribution in [3.63, 3.8) is 0 Å². The van der Waals surface area contributed by atoms with Crippen LogP contribution in [-0.2, 0) is 16.1 Å². The number of carbonyl (C=O) groups excluding carboxylic acids is 3. The van der Waals surface area contributed by atoms with Crippen LogP contribution in [0.3, 0.4) is 0 Å². The van der Waals surface area contributed by atoms with E-state index in [1.807, 2.05) is 45.0 Å². The Morgan fingerprint density at radius 2 is 1.78 bits per heavy atom. The number of ketones is 1. The molecule has 1 aliphatic carbocycles. The summed E-state index contributed by atoms with van der Waals surface area (Å²) in [7, 11) is 0. The van der Waals surface area contributed by atoms with E-state index in [0.717, 1.165) is 35.2 Å². The molecular formula is C33H37BrN8O3. The number of nitrogens with one attached hydrogen (secondary N) is 2. The van der Waals surface area contributed by atoms with Gasteiger partial charge in [-0.3, -0.25) is 19.1 Å². The molecule has 1 aromatic carbocycles. The van der Waals surface area contributed by atoms with Crippen molar-refractivity contribution in [2.75, 3.05) is 11.9 Å². The van der Waals surface area contributed by atoms with E-state index in [-0.39, 0.29) is 41.6 Å². The Morgan fingerprint density at radius 1 is 1.04 bits per heavy atom. The smallest absolute Gasteiger partial charge is 0.248 e. The minimum atomic E-state index is -0.659. The Labute approximate surface area is 270 Å². The Kier molecular flexibility index (Phi) is 8.07. The number of fused-ring (bicyclic) bond motifs is 2. The van der Waals surface area contributed by atoms with E-state index in [1.54, 1.807) is 22.0 Å². The number of pyridine rings is 1. The van der Waals surface area contributed by atoms with Crippen molar-refractivity contribution in [1.82, 2.24) is 34.9 Å². The molecule has 0 bridgehead atoms. The highest BCUT2D eigenvalue weighted by Gasteiger charge is 2.66. The molecule has 1 unspecified atom stereocenters. The van der Waals surface area contributed by atoms with Gasteiger partial charge in [-0.1, -0.05) is 19.9 Å². The van der Waals surface area contributed by atoms with Gasteiger partial charge in [-0.25, -0.2) is 15.0 Å². The van der Waals surface area contributed by atoms with Crippen LogP contribution in [-0.4, -0.2) is 71.9 Å². The lowest BCUT2D eigenvalue weighted by molar-refractivity contribution is -0.138. The number of rotatable bonds is 9. The van der Waals surface area contributed by atoms with Crippen molar-refractivity contribution < 1.29 is 14.4 Å². The molecule has 2 aliphatic rings. The van der Waals surface area contributed by atoms with Crippen molar-refractivity contribution >= 4 is 50.2 Å². The first-order valence-electron chi connectivity index (χ1n) is 15.2. The summed E-state index contributed by atoms with van der Waals surface area (Å²) < 4.78 is 2.23. The van der Waals surface area contributed by atoms with Crippen LogP contribution >= 0.6 is 15.9 Å². The highest BCUT2D eigenvalue weighted by molar-refractivity contribution is 9.10. The summed E-state index contributed by atoms with van der Waals surface area (Å²) in [5.74, 6) is 0.469. The normalized spacial score (nSPS) is 20.5. The van der Waals surface area contributed by atoms with Gasteiger partial charge in [-0.15, -0.1) is 0 Å². The van der Waals surface area contributed by atoms with E-state index >= 15 is 0 Å². The third kappa shape index (κ3) is 5.88. The second-order valence-corrected chi connectivity index (χ2v) is 13.5. The molecule has 6 rings (SSSR count). The van der Waals surface area contributed by atoms with Gasteiger partial charge in [0, 0.05) is 54.3 Å². The zero-order chi connectivity index (χ0) is 32.2. The summed E-state index contributed by atoms with van der Waals surface area (Å²) in [5.41, 5.74) is 4.22. The van der Waals surface area contributed by atoms with E-state index in [4.69, 9.17) is 0 Å². The molecule has 1 aliphatic heterocycles. The average Bonchev–Trinajstić information content (AvgIpc) is 3.39. The van der Waals surface area contributed by atoms with Crippen molar-refractivity contribution in [2.24, 2.45) is 5.41 Å². The first kappa shape index (κ1) is 31.0. The van der Waals surface area contributed by atoms with Gasteiger partial charge >= 0.3 is 0 Å². The molecule has 234 valence electrons. The number of aromatic nitrogens is 5. The van der Waals surface area contributed by atoms with Gasteiger partial charge in [-0.05, 0) is 84.4 Å². The van der Waals surface area contributed by atoms with Crippen LogP contribution in [0.2, 0.25) is 0 Å². The quantitative estimate of drug-likeness (QED) is 0.192. The lowest BCUT2D eigenvalue weighted by atomic mass is 9.98. The van der Waals surface area contributed by atoms with Crippen LogP contribution in [0.1, 0.15) is 61.1 Å². The molecule has 4 aromatic rings. The fraction of sp³-hybridized carbons (Fsp3) is 0.424. The monoisotopic (exact) mass is 672 g/mol. The fourth-order valence-electron chi connectivity index (χ4n) is 6.53. The summed E-state index contributed by atoms with van der Waals surface area (Å²) in [5, 5.41) is 11.8. The van der Waals surface area contributed by atoms with Gasteiger partial charge in [0.15, 0.2) is 5.78 Å². The van der Waals surface area contributed by atoms with Gasteiger partial charge in [0.25, 0.3) is 0 Å². The van der Waals surface area contributed by atoms with Crippen LogP contribution in [0.15, 0.2) is 41.3 Å². The molecule has 0 radical (unpaired) electrons. The summed E-state index contributed by atoms with van der Waals surface area (Å²) >= 11 is 3.38. The maximum atomic E-state index is 14.2. The van der Waals surface area contributed by atoms with Gasteiger partial charge in [-0.2, -0.15) is 5.10 Å². The van der Waals surface area contributed by atoms with Crippen LogP contribution < -0.4 is 10.6 Å². The zero-order valence-corrected chi connectivity index (χ0v) is 27.9. The molecule has 1 saturated heterocycles. The SMILES string of the molecule is CC(=O)c1nn(CC(=O)N2C3C[C@]3(CNC(C)C)C[C@H]2C(=O)Nc2nc(Br)ccc2C)c2c(C)cc(-c3cnc(C)nc3)cc12. The minimum Gasteiger partial charge on any atom is -0.325 e. The molecule has 12 heteroatoms. The van der Waals surface area contributed by atoms with Crippen molar-refractivity contribution in [1.29, 1.82) is 0 Å². The zero-order valence-electron chi connectivity index (χ0n) is 26.3. The van der Waals surface area contributed by atoms with Crippen molar-refractivity contribution in [2.45, 2.75) is 79.1 Å². The van der Waals surface area contributed by atoms with Crippen LogP contribution in [0.25, 0.3) is 22.0 Å². The number of piperidine rings is 1. The summed E-state index contributed by atoms with van der Waals surface area (Å²) in [4.78, 5) is 55.6. The molecule has 1 saturated carbocycles. The Balaban J connectivity index is 1.33. The number of nitrogens with zero attached hydrogens (tertiary/aromatic N) is 6. The van der Waals surface area contributed by atoms with Gasteiger partial charge in [0.05, 0.1) is 5.52 Å². The molecule has 3 atom stereocenters. The fourth-order valence-corrected chi connectivity index (χ4v) is 6.84. The van der Waals surface area contributed by atoms with Gasteiger partial charge in [0.2, 0.25) is 11.8 Å². The topological polar surface area (TPSA) is 135 Å². The standard InChI is InChI=1S/C33H37BrN8O3/c1-17(2)37-16-33-11-25(32(45)39-31-18(3)7-8-27(34)38-31)42(26(33)12-33)28(44)15-41-30-19(4)9-22(23-13-35-21(6)36-14-23)10-24(30)29(40-41)20(5)43/h7-10,13-14,17,25-26,37H,11-12,15-16H2,1-6H3,(H,38,39,45)/t25-,26?,33-/m0/s1. The second kappa shape index (κ2) is 11.7. The van der Waals surface area contributed by atoms with Crippen LogP contribution in [0.4, 0.5) is 5.82 Å². The third-order valence-electron chi connectivity index (χ3n) is 8.94. The number of benzene rings is 1. The number of aryl methyl sites for hydroxylation is 3. The van der Waals surface area contributed by atoms with Crippen molar-refractivity contribution in [3.05, 3.63) is 63.9 Å². The van der Waals surface area contributed by atoms with Gasteiger partial charge in [0.1, 0.15) is 34.5 Å². The lowest BCUT2D eigenvalue weighted by Gasteiger charge is -2.27. The number of hydrogen-bond donors (Lipinski definition) is 2. The highest BCUT2D eigenvalue weighted by Crippen LogP contribution is 2.59. The number of hydrogen-bond acceptors (Lipinski definition) is 8. The Bertz CT molecular complexity index is 1840. The molecule has 2 fully saturated rings. The van der Waals surface area contributed by atoms with E-state index in [2.05, 4.69) is 60.5 Å². The second-order valence-electron chi connectivity index (χ2n) is 12.7. The van der Waals surface area contributed by atoms with Crippen LogP contribution in [0, 0.1) is 26.2 Å². The third-order valence-corrected chi connectivity index (χ3v) is 9.38. The maximum absolute atomic E-state index is 14.2. The maximum Gasteiger partial charge on any atom is 0.248 e. The predicted molar refractivity (Wildman–Crippen MR) is 175 cm³/mol. The minimum absolute atomic E-state index is 0.0630. The largest absolute Gasteiger partial charge is 0.325 e. The number of Topliss-reactive ketones (excluding diaryl/α,β-unsaturated/α-hetero) is 1. The Morgan fingerprint density at radius 3 is 2.47 bits per heavy atom. The molecule has 0 spiro atoms. The Hall–Kier alpha value is -4.03. The molecule has 45 heavy (non-hydrogen) atoms. The molecule has 3 aromatic heterocycles. The van der Waals surface area contributed by atoms with Gasteiger partial charge < -0.3 is 15.5 Å². The summed E-state index contributed by atoms with van der Waals surface area (Å²) in [6, 6.07) is 7.16. The first-order valence-corrected chi connectivity index (χ1v) is 16.0. The van der Waals surface area contributed by atoms with E-state index in [0.29, 0.717) is 39.3 Å². The number of anilines is 1. The summed E-state index contributed by atoms with van der Waals surface area (Å²) in [6.07, 6.45) is 4.89.